The van der Waals surface area contributed by atoms with Gasteiger partial charge in [-0.25, -0.2) is 8.42 Å². The fourth-order valence-electron chi connectivity index (χ4n) is 10.3. The normalized spacial score (nSPS) is 22.4. The van der Waals surface area contributed by atoms with Gasteiger partial charge in [-0.05, 0) is 102 Å². The Morgan fingerprint density at radius 1 is 0.986 bits per heavy atom. The van der Waals surface area contributed by atoms with E-state index in [4.69, 9.17) is 35.5 Å². The lowest BCUT2D eigenvalue weighted by Crippen LogP contribution is -2.56. The lowest BCUT2D eigenvalue weighted by atomic mass is 9.71. The number of aliphatic hydroxyl groups excluding tert-OH is 1. The van der Waals surface area contributed by atoms with Crippen molar-refractivity contribution in [1.82, 2.24) is 19.6 Å². The highest BCUT2D eigenvalue weighted by atomic mass is 35.5. The molecule has 2 unspecified atom stereocenters. The third-order valence-electron chi connectivity index (χ3n) is 14.0. The molecule has 0 spiro atoms. The molecule has 0 bridgehead atoms. The molecule has 1 aliphatic carbocycles. The molecule has 3 aromatic carbocycles. The molecule has 20 heteroatoms. The molecular formula is C50H60ClN8O10S-. The Morgan fingerprint density at radius 2 is 1.81 bits per heavy atom. The largest absolute Gasteiger partial charge is 0.733 e. The van der Waals surface area contributed by atoms with Crippen molar-refractivity contribution >= 4 is 66.7 Å². The number of ether oxygens (including phenoxy) is 4. The number of H-pyrrole nitrogens is 1. The molecule has 5 aromatic rings. The highest BCUT2D eigenvalue weighted by molar-refractivity contribution is 7.89. The molecule has 3 fully saturated rings. The van der Waals surface area contributed by atoms with Crippen molar-refractivity contribution in [2.75, 3.05) is 99.3 Å². The van der Waals surface area contributed by atoms with E-state index >= 15 is 0 Å². The molecule has 70 heavy (non-hydrogen) atoms. The summed E-state index contributed by atoms with van der Waals surface area (Å²) in [6.45, 7) is 10.1. The van der Waals surface area contributed by atoms with Gasteiger partial charge in [0.25, 0.3) is 0 Å². The van der Waals surface area contributed by atoms with Crippen LogP contribution >= 0.6 is 11.6 Å². The van der Waals surface area contributed by atoms with Gasteiger partial charge in [-0.1, -0.05) is 43.6 Å². The molecule has 0 radical (unpaired) electrons. The van der Waals surface area contributed by atoms with Crippen molar-refractivity contribution in [1.29, 1.82) is 0 Å². The van der Waals surface area contributed by atoms with Crippen molar-refractivity contribution in [3.8, 4) is 5.88 Å². The quantitative estimate of drug-likeness (QED) is 0.0611. The Balaban J connectivity index is 0.974. The van der Waals surface area contributed by atoms with E-state index in [0.717, 1.165) is 49.5 Å². The van der Waals surface area contributed by atoms with Crippen LogP contribution in [0, 0.1) is 10.6 Å². The molecule has 374 valence electrons. The first-order valence-corrected chi connectivity index (χ1v) is 25.7. The fourth-order valence-corrected chi connectivity index (χ4v) is 11.5. The van der Waals surface area contributed by atoms with Crippen molar-refractivity contribution in [3.63, 3.8) is 0 Å². The summed E-state index contributed by atoms with van der Waals surface area (Å²) in [5, 5.41) is 48.9. The molecule has 2 aromatic heterocycles. The van der Waals surface area contributed by atoms with Crippen LogP contribution in [-0.2, 0) is 24.2 Å². The van der Waals surface area contributed by atoms with E-state index < -0.39 is 32.8 Å². The number of hydrogen-bond donors (Lipinski definition) is 6. The molecule has 18 nitrogen and oxygen atoms in total. The van der Waals surface area contributed by atoms with Crippen LogP contribution in [0.3, 0.4) is 0 Å². The third kappa shape index (κ3) is 10.3. The second kappa shape index (κ2) is 19.9. The van der Waals surface area contributed by atoms with Gasteiger partial charge in [0.2, 0.25) is 15.9 Å². The number of pyridine rings is 1. The number of nitrogens with zero attached hydrogens (tertiary/aromatic N) is 5. The zero-order valence-electron chi connectivity index (χ0n) is 39.3. The third-order valence-corrected chi connectivity index (χ3v) is 15.7. The average molecular weight is 1000 g/mol. The summed E-state index contributed by atoms with van der Waals surface area (Å²) >= 11 is 6.37. The second-order valence-corrected chi connectivity index (χ2v) is 21.9. The summed E-state index contributed by atoms with van der Waals surface area (Å²) in [4.78, 5) is 14.4. The first-order valence-electron chi connectivity index (χ1n) is 23.9. The van der Waals surface area contributed by atoms with Crippen molar-refractivity contribution < 1.29 is 42.8 Å². The topological polar surface area (TPSA) is 221 Å². The van der Waals surface area contributed by atoms with Crippen LogP contribution in [0.1, 0.15) is 56.9 Å². The highest BCUT2D eigenvalue weighted by Crippen LogP contribution is 2.46. The van der Waals surface area contributed by atoms with Gasteiger partial charge in [0.15, 0.2) is 0 Å². The van der Waals surface area contributed by atoms with Gasteiger partial charge >= 0.3 is 0 Å². The number of benzene rings is 3. The lowest BCUT2D eigenvalue weighted by molar-refractivity contribution is -0.168. The van der Waals surface area contributed by atoms with E-state index in [0.29, 0.717) is 80.4 Å². The first kappa shape index (κ1) is 48.6. The number of rotatable bonds is 11. The number of aromatic amines is 1. The maximum absolute atomic E-state index is 14.1. The Bertz CT molecular complexity index is 2840. The Labute approximate surface area is 412 Å². The molecule has 5 aliphatic rings. The number of halogens is 1. The number of piperazine rings is 1. The van der Waals surface area contributed by atoms with E-state index in [9.17, 15) is 29.0 Å². The molecule has 6 heterocycles. The molecular weight excluding hydrogens is 940 g/mol. The number of fused-ring (bicyclic) bond motifs is 4. The minimum absolute atomic E-state index is 0.00566. The van der Waals surface area contributed by atoms with E-state index in [2.05, 4.69) is 50.8 Å². The minimum Gasteiger partial charge on any atom is -0.733 e. The predicted octanol–water partition coefficient (Wildman–Crippen LogP) is 6.54. The Kier molecular flexibility index (Phi) is 13.8. The second-order valence-electron chi connectivity index (χ2n) is 19.8. The number of anilines is 5. The zero-order chi connectivity index (χ0) is 48.8. The lowest BCUT2D eigenvalue weighted by Gasteiger charge is -2.45. The van der Waals surface area contributed by atoms with E-state index in [1.54, 1.807) is 12.3 Å². The molecule has 6 N–H and O–H groups in total. The number of nitrogens with one attached hydrogen (secondary N) is 3. The molecule has 0 amide bonds. The summed E-state index contributed by atoms with van der Waals surface area (Å²) in [7, 11) is -4.53. The minimum atomic E-state index is -4.53. The van der Waals surface area contributed by atoms with Crippen LogP contribution in [0.5, 0.6) is 5.88 Å². The number of aliphatic hydroxyl groups is 2. The molecule has 4 aliphatic heterocycles. The highest BCUT2D eigenvalue weighted by Gasteiger charge is 2.39. The Morgan fingerprint density at radius 3 is 2.60 bits per heavy atom. The predicted molar refractivity (Wildman–Crippen MR) is 267 cm³/mol. The smallest absolute Gasteiger partial charge is 0.243 e. The van der Waals surface area contributed by atoms with Crippen LogP contribution < -0.4 is 29.8 Å². The van der Waals surface area contributed by atoms with E-state index in [-0.39, 0.29) is 53.5 Å². The van der Waals surface area contributed by atoms with Crippen molar-refractivity contribution in [2.45, 2.75) is 68.4 Å². The van der Waals surface area contributed by atoms with Gasteiger partial charge in [-0.3, -0.25) is 10.1 Å². The number of sulfonamides is 1. The standard InChI is InChI=1S/C50H60ClN8O10S/c1-49(2)24-39(32-5-7-34(51)8-6-32)40-27-57-17-16-56(26-36(57)28-66-18-4-20-68-45(40)25-49)35-9-11-38(42(22-35)58-15-3-19-69-48-44(58)21-33-13-14-52-46(33)54-48)47(60)55-70(64,65)37-10-12-41(43(23-37)59(62)63)53-29-50(61)30-67-31-50/h5-14,21-23,36,45,47,53,55,60-62H,3-4,15-20,24-31H2,1-2H3,(H,52,54)/q-1/t36?,45-,47?/m1/s1. The van der Waals surface area contributed by atoms with E-state index in [1.807, 2.05) is 41.3 Å². The van der Waals surface area contributed by atoms with Crippen molar-refractivity contribution in [2.24, 2.45) is 5.41 Å². The van der Waals surface area contributed by atoms with Gasteiger partial charge < -0.3 is 59.7 Å². The van der Waals surface area contributed by atoms with E-state index in [1.165, 1.54) is 28.8 Å². The first-order chi connectivity index (χ1) is 33.6. The number of aromatic nitrogens is 2. The van der Waals surface area contributed by atoms with Crippen LogP contribution in [0.4, 0.5) is 28.4 Å². The zero-order valence-corrected chi connectivity index (χ0v) is 40.8. The van der Waals surface area contributed by atoms with Gasteiger partial charge in [-0.2, -0.15) is 9.71 Å². The summed E-state index contributed by atoms with van der Waals surface area (Å²) in [5.74, 6) is 0.395. The number of allylic oxidation sites excluding steroid dienone is 1. The molecule has 0 saturated carbocycles. The van der Waals surface area contributed by atoms with Crippen LogP contribution in [0.15, 0.2) is 89.5 Å². The summed E-state index contributed by atoms with van der Waals surface area (Å²) < 4.78 is 54.9. The maximum atomic E-state index is 14.1. The monoisotopic (exact) mass is 999 g/mol. The van der Waals surface area contributed by atoms with Crippen LogP contribution in [0.25, 0.3) is 16.6 Å². The van der Waals surface area contributed by atoms with Gasteiger partial charge in [0, 0.05) is 80.3 Å². The van der Waals surface area contributed by atoms with Gasteiger partial charge in [0.05, 0.1) is 60.5 Å². The molecule has 10 rings (SSSR count). The van der Waals surface area contributed by atoms with Crippen LogP contribution in [-0.4, -0.2) is 135 Å². The Hall–Kier alpha value is -5.03. The molecule has 3 saturated heterocycles. The van der Waals surface area contributed by atoms with Crippen LogP contribution in [0.2, 0.25) is 5.02 Å². The average Bonchev–Trinajstić information content (AvgIpc) is 3.67. The van der Waals surface area contributed by atoms with Gasteiger partial charge in [0.1, 0.15) is 23.2 Å². The molecule has 3 atom stereocenters. The summed E-state index contributed by atoms with van der Waals surface area (Å²) in [6.07, 6.45) is 3.22. The van der Waals surface area contributed by atoms with Crippen molar-refractivity contribution in [3.05, 3.63) is 106 Å². The SMILES string of the molecule is CC1(C)CC(c2ccc(Cl)cc2)=C2CN3CCN(c4ccc(C(O)NS(=O)(=O)c5ccc(NCC6(O)COC6)c(N([O-])O)c5)c(N5CCCOc6nc7[nH]ccc7cc65)c4)CC3COCCCO[C@@H]2C1. The summed E-state index contributed by atoms with van der Waals surface area (Å²) in [6, 6.07) is 21.2. The number of hydrogen-bond acceptors (Lipinski definition) is 16. The summed E-state index contributed by atoms with van der Waals surface area (Å²) in [5.41, 5.74) is 5.34. The fraction of sp³-hybridized carbons (Fsp3) is 0.460. The maximum Gasteiger partial charge on any atom is 0.243 e. The van der Waals surface area contributed by atoms with Gasteiger partial charge in [-0.15, -0.1) is 0 Å².